The van der Waals surface area contributed by atoms with E-state index in [0.717, 1.165) is 11.2 Å². The van der Waals surface area contributed by atoms with E-state index in [4.69, 9.17) is 27.7 Å². The van der Waals surface area contributed by atoms with Crippen LogP contribution in [0.2, 0.25) is 10.0 Å². The van der Waals surface area contributed by atoms with Gasteiger partial charge in [0.1, 0.15) is 16.8 Å². The Kier molecular flexibility index (Phi) is 5.62. The minimum Gasteiger partial charge on any atom is -0.354 e. The Morgan fingerprint density at radius 2 is 1.83 bits per heavy atom. The van der Waals surface area contributed by atoms with Crippen molar-refractivity contribution in [3.63, 3.8) is 0 Å². The average Bonchev–Trinajstić information content (AvgIpc) is 3.13. The Balaban J connectivity index is 1.48. The van der Waals surface area contributed by atoms with E-state index in [2.05, 4.69) is 19.8 Å². The maximum atomic E-state index is 12.0. The van der Waals surface area contributed by atoms with Crippen molar-refractivity contribution in [3.05, 3.63) is 46.1 Å². The number of rotatable bonds is 4. The SMILES string of the molecule is CS(=O)NC(=O)c1cnc(N2CCN(c3noc4cccc(Cl)c34)CC2)c(Cl)c1. The van der Waals surface area contributed by atoms with Crippen LogP contribution in [0.4, 0.5) is 11.6 Å². The van der Waals surface area contributed by atoms with E-state index in [1.54, 1.807) is 0 Å². The topological polar surface area (TPSA) is 91.6 Å². The van der Waals surface area contributed by atoms with Crippen molar-refractivity contribution < 1.29 is 13.5 Å². The van der Waals surface area contributed by atoms with Crippen LogP contribution in [-0.2, 0) is 11.0 Å². The fraction of sp³-hybridized carbons (Fsp3) is 0.278. The molecule has 1 atom stereocenters. The second-order valence-electron chi connectivity index (χ2n) is 6.51. The van der Waals surface area contributed by atoms with Gasteiger partial charge in [-0.3, -0.25) is 9.52 Å². The molecule has 11 heteroatoms. The highest BCUT2D eigenvalue weighted by atomic mass is 35.5. The summed E-state index contributed by atoms with van der Waals surface area (Å²) >= 11 is 12.7. The summed E-state index contributed by atoms with van der Waals surface area (Å²) in [5, 5.41) is 5.96. The van der Waals surface area contributed by atoms with Crippen LogP contribution in [0, 0.1) is 0 Å². The van der Waals surface area contributed by atoms with Gasteiger partial charge >= 0.3 is 0 Å². The summed E-state index contributed by atoms with van der Waals surface area (Å²) in [5.74, 6) is 0.846. The van der Waals surface area contributed by atoms with Gasteiger partial charge in [0.25, 0.3) is 5.91 Å². The van der Waals surface area contributed by atoms with Crippen LogP contribution in [0.25, 0.3) is 11.0 Å². The van der Waals surface area contributed by atoms with E-state index in [1.165, 1.54) is 18.5 Å². The number of hydrogen-bond donors (Lipinski definition) is 1. The second-order valence-corrected chi connectivity index (χ2v) is 8.43. The van der Waals surface area contributed by atoms with Gasteiger partial charge in [-0.2, -0.15) is 0 Å². The highest BCUT2D eigenvalue weighted by Gasteiger charge is 2.25. The fourth-order valence-electron chi connectivity index (χ4n) is 3.26. The summed E-state index contributed by atoms with van der Waals surface area (Å²) in [5.41, 5.74) is 0.915. The molecular weight excluding hydrogens is 437 g/mol. The van der Waals surface area contributed by atoms with Gasteiger partial charge in [0, 0.05) is 38.6 Å². The number of nitrogens with zero attached hydrogens (tertiary/aromatic N) is 4. The molecular formula is C18H17Cl2N5O3S. The molecule has 152 valence electrons. The van der Waals surface area contributed by atoms with Gasteiger partial charge in [-0.1, -0.05) is 34.4 Å². The van der Waals surface area contributed by atoms with Crippen LogP contribution in [0.1, 0.15) is 10.4 Å². The molecule has 1 aliphatic rings. The molecule has 1 N–H and O–H groups in total. The monoisotopic (exact) mass is 453 g/mol. The third-order valence-corrected chi connectivity index (χ3v) is 5.69. The average molecular weight is 454 g/mol. The Labute approximate surface area is 179 Å². The number of nitrogens with one attached hydrogen (secondary N) is 1. The van der Waals surface area contributed by atoms with Crippen molar-refractivity contribution in [2.24, 2.45) is 0 Å². The number of benzene rings is 1. The third kappa shape index (κ3) is 4.03. The summed E-state index contributed by atoms with van der Waals surface area (Å²) in [6.07, 6.45) is 2.81. The lowest BCUT2D eigenvalue weighted by molar-refractivity contribution is 0.0983. The van der Waals surface area contributed by atoms with Crippen LogP contribution < -0.4 is 14.5 Å². The van der Waals surface area contributed by atoms with Crippen LogP contribution >= 0.6 is 23.2 Å². The summed E-state index contributed by atoms with van der Waals surface area (Å²) in [7, 11) is -1.45. The number of anilines is 2. The summed E-state index contributed by atoms with van der Waals surface area (Å²) in [4.78, 5) is 20.5. The molecule has 0 spiro atoms. The Hall–Kier alpha value is -2.36. The molecule has 2 aromatic heterocycles. The number of piperazine rings is 1. The first-order valence-corrected chi connectivity index (χ1v) is 11.1. The number of aromatic nitrogens is 2. The van der Waals surface area contributed by atoms with E-state index < -0.39 is 16.9 Å². The number of carbonyl (C=O) groups is 1. The number of hydrogen-bond acceptors (Lipinski definition) is 7. The minimum absolute atomic E-state index is 0.260. The highest BCUT2D eigenvalue weighted by molar-refractivity contribution is 7.82. The molecule has 1 amide bonds. The van der Waals surface area contributed by atoms with Crippen LogP contribution in [0.15, 0.2) is 35.0 Å². The molecule has 3 heterocycles. The number of halogens is 2. The predicted molar refractivity (Wildman–Crippen MR) is 114 cm³/mol. The molecule has 1 fully saturated rings. The number of pyridine rings is 1. The van der Waals surface area contributed by atoms with E-state index in [0.29, 0.717) is 47.6 Å². The molecule has 0 bridgehead atoms. The summed E-state index contributed by atoms with van der Waals surface area (Å²) in [6.45, 7) is 2.69. The normalized spacial score (nSPS) is 15.6. The molecule has 1 aliphatic heterocycles. The maximum Gasteiger partial charge on any atom is 0.264 e. The van der Waals surface area contributed by atoms with Crippen molar-refractivity contribution in [3.8, 4) is 0 Å². The van der Waals surface area contributed by atoms with E-state index in [-0.39, 0.29) is 5.56 Å². The zero-order chi connectivity index (χ0) is 20.5. The maximum absolute atomic E-state index is 12.0. The lowest BCUT2D eigenvalue weighted by atomic mass is 10.2. The van der Waals surface area contributed by atoms with Crippen molar-refractivity contribution >= 4 is 62.7 Å². The molecule has 3 aromatic rings. The Morgan fingerprint density at radius 1 is 1.14 bits per heavy atom. The molecule has 1 unspecified atom stereocenters. The fourth-order valence-corrected chi connectivity index (χ4v) is 4.17. The van der Waals surface area contributed by atoms with Crippen LogP contribution in [0.5, 0.6) is 0 Å². The molecule has 0 aliphatic carbocycles. The molecule has 29 heavy (non-hydrogen) atoms. The molecule has 0 saturated carbocycles. The van der Waals surface area contributed by atoms with Gasteiger partial charge in [0.15, 0.2) is 11.4 Å². The van der Waals surface area contributed by atoms with Gasteiger partial charge in [-0.05, 0) is 18.2 Å². The first kappa shape index (κ1) is 19.9. The van der Waals surface area contributed by atoms with Crippen molar-refractivity contribution in [1.29, 1.82) is 0 Å². The minimum atomic E-state index is -1.45. The highest BCUT2D eigenvalue weighted by Crippen LogP contribution is 2.33. The lowest BCUT2D eigenvalue weighted by Crippen LogP contribution is -2.47. The molecule has 0 radical (unpaired) electrons. The summed E-state index contributed by atoms with van der Waals surface area (Å²) < 4.78 is 18.9. The smallest absolute Gasteiger partial charge is 0.264 e. The van der Waals surface area contributed by atoms with Gasteiger partial charge in [-0.25, -0.2) is 9.19 Å². The molecule has 4 rings (SSSR count). The standard InChI is InChI=1S/C18H17Cl2N5O3S/c1-29(27)23-18(26)11-9-13(20)16(21-10-11)24-5-7-25(8-6-24)17-15-12(19)3-2-4-14(15)28-22-17/h2-4,9-10H,5-8H2,1H3,(H,23,26). The predicted octanol–water partition coefficient (Wildman–Crippen LogP) is 2.88. The second kappa shape index (κ2) is 8.17. The Bertz CT molecular complexity index is 1100. The number of fused-ring (bicyclic) bond motifs is 1. The molecule has 8 nitrogen and oxygen atoms in total. The lowest BCUT2D eigenvalue weighted by Gasteiger charge is -2.35. The van der Waals surface area contributed by atoms with E-state index in [1.807, 2.05) is 23.1 Å². The number of amides is 1. The third-order valence-electron chi connectivity index (χ3n) is 4.63. The summed E-state index contributed by atoms with van der Waals surface area (Å²) in [6, 6.07) is 7.01. The van der Waals surface area contributed by atoms with Gasteiger partial charge in [0.2, 0.25) is 0 Å². The van der Waals surface area contributed by atoms with Gasteiger partial charge in [-0.15, -0.1) is 0 Å². The van der Waals surface area contributed by atoms with E-state index >= 15 is 0 Å². The zero-order valence-electron chi connectivity index (χ0n) is 15.4. The van der Waals surface area contributed by atoms with Crippen molar-refractivity contribution in [2.75, 3.05) is 42.2 Å². The first-order valence-electron chi connectivity index (χ1n) is 8.78. The Morgan fingerprint density at radius 3 is 2.48 bits per heavy atom. The van der Waals surface area contributed by atoms with Crippen LogP contribution in [-0.4, -0.2) is 52.7 Å². The largest absolute Gasteiger partial charge is 0.354 e. The van der Waals surface area contributed by atoms with Crippen molar-refractivity contribution in [1.82, 2.24) is 14.9 Å². The quantitative estimate of drug-likeness (QED) is 0.648. The van der Waals surface area contributed by atoms with Gasteiger partial charge < -0.3 is 14.3 Å². The first-order chi connectivity index (χ1) is 13.9. The molecule has 1 saturated heterocycles. The molecule has 1 aromatic carbocycles. The number of carbonyl (C=O) groups excluding carboxylic acids is 1. The van der Waals surface area contributed by atoms with Crippen LogP contribution in [0.3, 0.4) is 0 Å². The van der Waals surface area contributed by atoms with Gasteiger partial charge in [0.05, 0.1) is 21.0 Å². The van der Waals surface area contributed by atoms with Crippen molar-refractivity contribution in [2.45, 2.75) is 0 Å². The zero-order valence-corrected chi connectivity index (χ0v) is 17.7. The van der Waals surface area contributed by atoms with E-state index in [9.17, 15) is 9.00 Å².